The Balaban J connectivity index is 2.12. The van der Waals surface area contributed by atoms with Crippen molar-refractivity contribution in [3.63, 3.8) is 0 Å². The Morgan fingerprint density at radius 1 is 1.50 bits per heavy atom. The summed E-state index contributed by atoms with van der Waals surface area (Å²) in [7, 11) is 0. The molecule has 3 atom stereocenters. The van der Waals surface area contributed by atoms with Crippen molar-refractivity contribution >= 4 is 23.6 Å². The quantitative estimate of drug-likeness (QED) is 0.779. The van der Waals surface area contributed by atoms with Crippen molar-refractivity contribution in [1.82, 2.24) is 4.90 Å². The maximum Gasteiger partial charge on any atom is 0.327 e. The molecule has 0 radical (unpaired) electrons. The summed E-state index contributed by atoms with van der Waals surface area (Å²) in [5.41, 5.74) is 5.39. The van der Waals surface area contributed by atoms with E-state index >= 15 is 0 Å². The number of thioether (sulfide) groups is 1. The minimum Gasteiger partial charge on any atom is -0.480 e. The lowest BCUT2D eigenvalue weighted by Crippen LogP contribution is -2.59. The summed E-state index contributed by atoms with van der Waals surface area (Å²) in [5.74, 6) is 0.244. The Morgan fingerprint density at radius 3 is 2.83 bits per heavy atom. The third-order valence-electron chi connectivity index (χ3n) is 3.89. The van der Waals surface area contributed by atoms with E-state index in [4.69, 9.17) is 10.8 Å². The second kappa shape index (κ2) is 5.09. The predicted molar refractivity (Wildman–Crippen MR) is 70.1 cm³/mol. The molecule has 0 aromatic heterocycles. The Morgan fingerprint density at radius 2 is 2.22 bits per heavy atom. The molecule has 18 heavy (non-hydrogen) atoms. The molecular formula is C12H20N2O3S. The number of hydrogen-bond donors (Lipinski definition) is 2. The molecule has 0 aromatic carbocycles. The Labute approximate surface area is 111 Å². The molecule has 3 N–H and O–H groups in total. The molecule has 3 unspecified atom stereocenters. The van der Waals surface area contributed by atoms with Gasteiger partial charge in [-0.2, -0.15) is 0 Å². The van der Waals surface area contributed by atoms with Crippen molar-refractivity contribution in [1.29, 1.82) is 0 Å². The van der Waals surface area contributed by atoms with Crippen LogP contribution in [0.4, 0.5) is 0 Å². The first kappa shape index (κ1) is 13.7. The van der Waals surface area contributed by atoms with Crippen LogP contribution in [0.5, 0.6) is 0 Å². The van der Waals surface area contributed by atoms with Gasteiger partial charge in [0, 0.05) is 5.75 Å². The van der Waals surface area contributed by atoms with Gasteiger partial charge in [-0.1, -0.05) is 19.8 Å². The van der Waals surface area contributed by atoms with Crippen LogP contribution in [0, 0.1) is 5.92 Å². The van der Waals surface area contributed by atoms with Gasteiger partial charge in [-0.05, 0) is 18.8 Å². The number of carboxylic acids is 1. The van der Waals surface area contributed by atoms with Crippen LogP contribution in [0.15, 0.2) is 0 Å². The summed E-state index contributed by atoms with van der Waals surface area (Å²) >= 11 is 1.48. The normalized spacial score (nSPS) is 36.7. The molecule has 5 nitrogen and oxygen atoms in total. The SMILES string of the molecule is CC1CCCC(N)(C(=O)N2CSCC2C(=O)O)C1. The van der Waals surface area contributed by atoms with E-state index in [0.717, 1.165) is 12.8 Å². The first-order valence-corrected chi connectivity index (χ1v) is 7.50. The fourth-order valence-corrected chi connectivity index (χ4v) is 4.06. The number of carbonyl (C=O) groups excluding carboxylic acids is 1. The maximum atomic E-state index is 12.5. The van der Waals surface area contributed by atoms with Crippen LogP contribution in [0.25, 0.3) is 0 Å². The van der Waals surface area contributed by atoms with Crippen molar-refractivity contribution in [2.45, 2.75) is 44.2 Å². The van der Waals surface area contributed by atoms with E-state index in [1.165, 1.54) is 16.7 Å². The highest BCUT2D eigenvalue weighted by Gasteiger charge is 2.45. The van der Waals surface area contributed by atoms with Gasteiger partial charge in [-0.15, -0.1) is 11.8 Å². The van der Waals surface area contributed by atoms with Gasteiger partial charge in [0.2, 0.25) is 5.91 Å². The lowest BCUT2D eigenvalue weighted by atomic mass is 9.76. The van der Waals surface area contributed by atoms with E-state index in [-0.39, 0.29) is 5.91 Å². The summed E-state index contributed by atoms with van der Waals surface area (Å²) in [6.07, 6.45) is 3.38. The van der Waals surface area contributed by atoms with Gasteiger partial charge in [0.05, 0.1) is 11.4 Å². The average Bonchev–Trinajstić information content (AvgIpc) is 2.76. The van der Waals surface area contributed by atoms with E-state index in [2.05, 4.69) is 6.92 Å². The van der Waals surface area contributed by atoms with Gasteiger partial charge in [0.1, 0.15) is 6.04 Å². The molecule has 1 heterocycles. The summed E-state index contributed by atoms with van der Waals surface area (Å²) in [6, 6.07) is -0.708. The molecule has 0 spiro atoms. The zero-order chi connectivity index (χ0) is 13.3. The van der Waals surface area contributed by atoms with Gasteiger partial charge >= 0.3 is 5.97 Å². The minimum absolute atomic E-state index is 0.175. The second-order valence-electron chi connectivity index (χ2n) is 5.49. The Hall–Kier alpha value is -0.750. The van der Waals surface area contributed by atoms with Crippen molar-refractivity contribution in [2.24, 2.45) is 11.7 Å². The second-order valence-corrected chi connectivity index (χ2v) is 6.49. The molecule has 1 saturated carbocycles. The van der Waals surface area contributed by atoms with Crippen molar-refractivity contribution < 1.29 is 14.7 Å². The van der Waals surface area contributed by atoms with Crippen molar-refractivity contribution in [3.8, 4) is 0 Å². The summed E-state index contributed by atoms with van der Waals surface area (Å²) < 4.78 is 0. The number of carboxylic acid groups (broad SMARTS) is 1. The third kappa shape index (κ3) is 2.49. The summed E-state index contributed by atoms with van der Waals surface area (Å²) in [4.78, 5) is 25.1. The van der Waals surface area contributed by atoms with E-state index in [1.807, 2.05) is 0 Å². The van der Waals surface area contributed by atoms with E-state index in [1.54, 1.807) is 0 Å². The van der Waals surface area contributed by atoms with Gasteiger partial charge < -0.3 is 15.7 Å². The van der Waals surface area contributed by atoms with E-state index < -0.39 is 17.6 Å². The molecule has 6 heteroatoms. The topological polar surface area (TPSA) is 83.6 Å². The lowest BCUT2D eigenvalue weighted by Gasteiger charge is -2.38. The zero-order valence-electron chi connectivity index (χ0n) is 10.6. The Bertz CT molecular complexity index is 363. The number of aliphatic carboxylic acids is 1. The van der Waals surface area contributed by atoms with Gasteiger partial charge in [0.15, 0.2) is 0 Å². The molecule has 2 aliphatic rings. The molecule has 2 rings (SSSR count). The average molecular weight is 272 g/mol. The molecule has 1 aliphatic heterocycles. The van der Waals surface area contributed by atoms with Gasteiger partial charge in [0.25, 0.3) is 0 Å². The highest BCUT2D eigenvalue weighted by atomic mass is 32.2. The monoisotopic (exact) mass is 272 g/mol. The minimum atomic E-state index is -0.930. The van der Waals surface area contributed by atoms with Crippen LogP contribution in [0.1, 0.15) is 32.6 Å². The highest BCUT2D eigenvalue weighted by molar-refractivity contribution is 7.99. The van der Waals surface area contributed by atoms with Crippen LogP contribution in [0.3, 0.4) is 0 Å². The molecule has 1 amide bonds. The smallest absolute Gasteiger partial charge is 0.327 e. The van der Waals surface area contributed by atoms with Crippen LogP contribution in [-0.2, 0) is 9.59 Å². The first-order valence-electron chi connectivity index (χ1n) is 6.34. The third-order valence-corrected chi connectivity index (χ3v) is 4.90. The lowest BCUT2D eigenvalue weighted by molar-refractivity contribution is -0.150. The van der Waals surface area contributed by atoms with Crippen molar-refractivity contribution in [2.75, 3.05) is 11.6 Å². The molecule has 0 aromatic rings. The molecule has 2 fully saturated rings. The molecular weight excluding hydrogens is 252 g/mol. The van der Waals surface area contributed by atoms with Crippen molar-refractivity contribution in [3.05, 3.63) is 0 Å². The van der Waals surface area contributed by atoms with Crippen LogP contribution in [0.2, 0.25) is 0 Å². The molecule has 102 valence electrons. The fourth-order valence-electron chi connectivity index (χ4n) is 2.92. The highest BCUT2D eigenvalue weighted by Crippen LogP contribution is 2.34. The number of amides is 1. The summed E-state index contributed by atoms with van der Waals surface area (Å²) in [6.45, 7) is 2.10. The predicted octanol–water partition coefficient (Wildman–Crippen LogP) is 0.880. The van der Waals surface area contributed by atoms with E-state index in [0.29, 0.717) is 30.4 Å². The van der Waals surface area contributed by atoms with Crippen LogP contribution in [-0.4, -0.2) is 45.1 Å². The number of nitrogens with zero attached hydrogens (tertiary/aromatic N) is 1. The van der Waals surface area contributed by atoms with Gasteiger partial charge in [-0.25, -0.2) is 4.79 Å². The van der Waals surface area contributed by atoms with Crippen LogP contribution >= 0.6 is 11.8 Å². The Kier molecular flexibility index (Phi) is 3.87. The molecule has 0 bridgehead atoms. The number of carbonyl (C=O) groups is 2. The first-order chi connectivity index (χ1) is 8.44. The molecule has 1 aliphatic carbocycles. The zero-order valence-corrected chi connectivity index (χ0v) is 11.4. The summed E-state index contributed by atoms with van der Waals surface area (Å²) in [5, 5.41) is 9.12. The fraction of sp³-hybridized carbons (Fsp3) is 0.833. The maximum absolute atomic E-state index is 12.5. The van der Waals surface area contributed by atoms with Crippen LogP contribution < -0.4 is 5.73 Å². The van der Waals surface area contributed by atoms with E-state index in [9.17, 15) is 9.59 Å². The molecule has 1 saturated heterocycles. The number of nitrogens with two attached hydrogens (primary N) is 1. The number of hydrogen-bond acceptors (Lipinski definition) is 4. The van der Waals surface area contributed by atoms with Gasteiger partial charge in [-0.3, -0.25) is 4.79 Å². The standard InChI is InChI=1S/C12H20N2O3S/c1-8-3-2-4-12(13,5-8)11(17)14-7-18-6-9(14)10(15)16/h8-9H,2-7,13H2,1H3,(H,15,16). The number of rotatable bonds is 2. The largest absolute Gasteiger partial charge is 0.480 e.